The molecule has 0 aliphatic carbocycles. The van der Waals surface area contributed by atoms with Crippen LogP contribution in [0.15, 0.2) is 47.4 Å². The first kappa shape index (κ1) is 24.1. The Balaban J connectivity index is 2.02. The molecule has 33 heavy (non-hydrogen) atoms. The summed E-state index contributed by atoms with van der Waals surface area (Å²) >= 11 is 0. The predicted octanol–water partition coefficient (Wildman–Crippen LogP) is 3.20. The third-order valence-electron chi connectivity index (χ3n) is 5.27. The number of nitrogens with one attached hydrogen (secondary N) is 1. The number of amides is 1. The molecule has 1 N–H and O–H groups in total. The largest absolute Gasteiger partial charge is 0.497 e. The van der Waals surface area contributed by atoms with E-state index in [-0.39, 0.29) is 4.90 Å². The van der Waals surface area contributed by atoms with Gasteiger partial charge in [-0.15, -0.1) is 0 Å². The van der Waals surface area contributed by atoms with E-state index in [4.69, 9.17) is 9.47 Å². The number of carbonyl (C=O) groups excluding carboxylic acids is 1. The molecule has 0 unspecified atom stereocenters. The van der Waals surface area contributed by atoms with Crippen molar-refractivity contribution in [3.05, 3.63) is 59.4 Å². The summed E-state index contributed by atoms with van der Waals surface area (Å²) in [5.41, 5.74) is 2.54. The Bertz CT molecular complexity index is 1270. The number of sulfonamides is 1. The molecule has 1 amide bonds. The Morgan fingerprint density at radius 2 is 1.73 bits per heavy atom. The number of methoxy groups -OCH3 is 2. The fourth-order valence-corrected chi connectivity index (χ4v) is 5.37. The Hall–Kier alpha value is -3.53. The molecular weight excluding hydrogens is 444 g/mol. The van der Waals surface area contributed by atoms with Crippen molar-refractivity contribution >= 4 is 27.3 Å². The summed E-state index contributed by atoms with van der Waals surface area (Å²) in [6.07, 6.45) is 0. The average Bonchev–Trinajstić information content (AvgIpc) is 3.04. The molecule has 0 bridgehead atoms. The number of aryl methyl sites for hydroxylation is 3. The number of aromatic nitrogens is 2. The van der Waals surface area contributed by atoms with E-state index in [2.05, 4.69) is 10.4 Å². The van der Waals surface area contributed by atoms with Crippen molar-refractivity contribution in [2.24, 2.45) is 7.05 Å². The third-order valence-corrected chi connectivity index (χ3v) is 7.29. The molecule has 3 rings (SSSR count). The second-order valence-corrected chi connectivity index (χ2v) is 9.38. The van der Waals surface area contributed by atoms with Crippen LogP contribution in [0.2, 0.25) is 0 Å². The molecule has 1 heterocycles. The highest BCUT2D eigenvalue weighted by Gasteiger charge is 2.32. The van der Waals surface area contributed by atoms with Gasteiger partial charge in [-0.05, 0) is 62.7 Å². The van der Waals surface area contributed by atoms with Crippen LogP contribution in [0.3, 0.4) is 0 Å². The van der Waals surface area contributed by atoms with E-state index < -0.39 is 22.5 Å². The Morgan fingerprint density at radius 1 is 1.06 bits per heavy atom. The number of anilines is 2. The van der Waals surface area contributed by atoms with Crippen LogP contribution < -0.4 is 19.1 Å². The van der Waals surface area contributed by atoms with Crippen molar-refractivity contribution in [2.45, 2.75) is 25.7 Å². The van der Waals surface area contributed by atoms with Crippen molar-refractivity contribution in [2.75, 3.05) is 30.4 Å². The fourth-order valence-electron chi connectivity index (χ4n) is 3.54. The highest BCUT2D eigenvalue weighted by atomic mass is 32.2. The number of carbonyl (C=O) groups is 1. The van der Waals surface area contributed by atoms with E-state index in [1.165, 1.54) is 18.9 Å². The summed E-state index contributed by atoms with van der Waals surface area (Å²) in [5.74, 6) is 0.531. The van der Waals surface area contributed by atoms with Crippen LogP contribution in [-0.4, -0.2) is 44.9 Å². The fraction of sp³-hybridized carbons (Fsp3) is 0.304. The zero-order valence-corrected chi connectivity index (χ0v) is 20.4. The van der Waals surface area contributed by atoms with Gasteiger partial charge in [-0.1, -0.05) is 6.07 Å². The first-order valence-electron chi connectivity index (χ1n) is 10.2. The Kier molecular flexibility index (Phi) is 6.97. The van der Waals surface area contributed by atoms with Gasteiger partial charge in [0.2, 0.25) is 5.91 Å². The van der Waals surface area contributed by atoms with Crippen molar-refractivity contribution in [1.29, 1.82) is 0 Å². The van der Waals surface area contributed by atoms with E-state index in [0.717, 1.165) is 9.87 Å². The summed E-state index contributed by atoms with van der Waals surface area (Å²) in [6.45, 7) is 4.75. The lowest BCUT2D eigenvalue weighted by Crippen LogP contribution is -2.38. The highest BCUT2D eigenvalue weighted by Crippen LogP contribution is 2.30. The lowest BCUT2D eigenvalue weighted by molar-refractivity contribution is -0.114. The van der Waals surface area contributed by atoms with Gasteiger partial charge in [-0.2, -0.15) is 5.10 Å². The second kappa shape index (κ2) is 9.53. The van der Waals surface area contributed by atoms with Gasteiger partial charge in [0.1, 0.15) is 22.9 Å². The van der Waals surface area contributed by atoms with E-state index in [1.807, 2.05) is 13.0 Å². The van der Waals surface area contributed by atoms with Gasteiger partial charge in [0.05, 0.1) is 37.0 Å². The van der Waals surface area contributed by atoms with Crippen LogP contribution in [0.25, 0.3) is 0 Å². The lowest BCUT2D eigenvalue weighted by Gasteiger charge is -2.24. The van der Waals surface area contributed by atoms with Crippen LogP contribution in [0.4, 0.5) is 11.4 Å². The number of rotatable bonds is 8. The number of benzene rings is 2. The van der Waals surface area contributed by atoms with Gasteiger partial charge in [0.15, 0.2) is 0 Å². The summed E-state index contributed by atoms with van der Waals surface area (Å²) in [6, 6.07) is 11.8. The number of hydrogen-bond acceptors (Lipinski definition) is 6. The smallest absolute Gasteiger partial charge is 0.268 e. The highest BCUT2D eigenvalue weighted by molar-refractivity contribution is 7.93. The first-order valence-corrected chi connectivity index (χ1v) is 11.6. The molecule has 3 aromatic rings. The van der Waals surface area contributed by atoms with Gasteiger partial charge in [0, 0.05) is 7.05 Å². The van der Waals surface area contributed by atoms with Gasteiger partial charge in [-0.25, -0.2) is 8.42 Å². The molecular formula is C23H28N4O5S. The second-order valence-electron chi connectivity index (χ2n) is 7.59. The minimum absolute atomic E-state index is 0.0711. The normalized spacial score (nSPS) is 11.2. The first-order chi connectivity index (χ1) is 15.6. The molecule has 0 radical (unpaired) electrons. The molecule has 0 atom stereocenters. The maximum absolute atomic E-state index is 13.7. The van der Waals surface area contributed by atoms with Crippen LogP contribution in [0.1, 0.15) is 17.0 Å². The maximum Gasteiger partial charge on any atom is 0.268 e. The zero-order valence-electron chi connectivity index (χ0n) is 19.5. The quantitative estimate of drug-likeness (QED) is 0.540. The molecule has 0 fully saturated rings. The molecule has 0 spiro atoms. The van der Waals surface area contributed by atoms with Crippen LogP contribution >= 0.6 is 0 Å². The minimum Gasteiger partial charge on any atom is -0.497 e. The van der Waals surface area contributed by atoms with Gasteiger partial charge in [0.25, 0.3) is 10.0 Å². The van der Waals surface area contributed by atoms with Crippen molar-refractivity contribution in [3.63, 3.8) is 0 Å². The molecule has 176 valence electrons. The number of nitrogens with zero attached hydrogens (tertiary/aromatic N) is 3. The standard InChI is InChI=1S/C23H28N4O5S/c1-15-7-12-21(32-6)20(13-15)24-22(28)14-27(18-8-10-19(31-5)11-9-18)33(29,30)23-16(2)25-26(4)17(23)3/h7-13H,14H2,1-6H3,(H,24,28). The molecule has 0 saturated carbocycles. The molecule has 0 saturated heterocycles. The van der Waals surface area contributed by atoms with E-state index in [0.29, 0.717) is 34.3 Å². The summed E-state index contributed by atoms with van der Waals surface area (Å²) in [5, 5.41) is 7.00. The van der Waals surface area contributed by atoms with Gasteiger partial charge < -0.3 is 14.8 Å². The summed E-state index contributed by atoms with van der Waals surface area (Å²) in [4.78, 5) is 13.1. The molecule has 1 aromatic heterocycles. The van der Waals surface area contributed by atoms with Crippen LogP contribution in [0.5, 0.6) is 11.5 Å². The Labute approximate surface area is 194 Å². The topological polar surface area (TPSA) is 103 Å². The van der Waals surface area contributed by atoms with Crippen LogP contribution in [0, 0.1) is 20.8 Å². The third kappa shape index (κ3) is 4.95. The Morgan fingerprint density at radius 3 is 2.27 bits per heavy atom. The average molecular weight is 473 g/mol. The summed E-state index contributed by atoms with van der Waals surface area (Å²) in [7, 11) is 0.593. The van der Waals surface area contributed by atoms with Gasteiger partial charge in [-0.3, -0.25) is 13.8 Å². The zero-order chi connectivity index (χ0) is 24.3. The molecule has 9 nitrogen and oxygen atoms in total. The summed E-state index contributed by atoms with van der Waals surface area (Å²) < 4.78 is 40.6. The molecule has 0 aliphatic heterocycles. The monoisotopic (exact) mass is 472 g/mol. The molecule has 0 aliphatic rings. The maximum atomic E-state index is 13.7. The SMILES string of the molecule is COc1ccc(N(CC(=O)Nc2cc(C)ccc2OC)S(=O)(=O)c2c(C)nn(C)c2C)cc1. The van der Waals surface area contributed by atoms with Crippen LogP contribution in [-0.2, 0) is 21.9 Å². The van der Waals surface area contributed by atoms with Crippen molar-refractivity contribution in [3.8, 4) is 11.5 Å². The predicted molar refractivity (Wildman–Crippen MR) is 127 cm³/mol. The van der Waals surface area contributed by atoms with Gasteiger partial charge >= 0.3 is 0 Å². The minimum atomic E-state index is -4.11. The number of hydrogen-bond donors (Lipinski definition) is 1. The molecule has 10 heteroatoms. The molecule has 2 aromatic carbocycles. The van der Waals surface area contributed by atoms with E-state index >= 15 is 0 Å². The van der Waals surface area contributed by atoms with Crippen molar-refractivity contribution in [1.82, 2.24) is 9.78 Å². The number of ether oxygens (including phenoxy) is 2. The van der Waals surface area contributed by atoms with Crippen molar-refractivity contribution < 1.29 is 22.7 Å². The lowest BCUT2D eigenvalue weighted by atomic mass is 10.2. The van der Waals surface area contributed by atoms with E-state index in [1.54, 1.807) is 57.3 Å². The van der Waals surface area contributed by atoms with E-state index in [9.17, 15) is 13.2 Å².